The highest BCUT2D eigenvalue weighted by atomic mass is 16.5. The molecule has 0 fully saturated rings. The van der Waals surface area contributed by atoms with Crippen molar-refractivity contribution >= 4 is 11.9 Å². The minimum Gasteiger partial charge on any atom is -0.494 e. The molecule has 0 bridgehead atoms. The van der Waals surface area contributed by atoms with Gasteiger partial charge in [0.25, 0.3) is 0 Å². The fraction of sp³-hybridized carbons (Fsp3) is 0.259. The number of ether oxygens (including phenoxy) is 3. The molecule has 5 nitrogen and oxygen atoms in total. The second-order valence-electron chi connectivity index (χ2n) is 7.38. The number of rotatable bonds is 10. The van der Waals surface area contributed by atoms with E-state index in [4.69, 9.17) is 14.2 Å². The van der Waals surface area contributed by atoms with Crippen LogP contribution in [0.4, 0.5) is 0 Å². The monoisotopic (exact) mass is 432 g/mol. The fourth-order valence-corrected chi connectivity index (χ4v) is 3.01. The van der Waals surface area contributed by atoms with E-state index in [1.165, 1.54) is 0 Å². The molecule has 0 atom stereocenters. The molecule has 0 spiro atoms. The molecule has 3 rings (SSSR count). The molecule has 0 aromatic heterocycles. The van der Waals surface area contributed by atoms with Crippen LogP contribution < -0.4 is 14.2 Å². The zero-order valence-electron chi connectivity index (χ0n) is 18.5. The third-order valence-electron chi connectivity index (χ3n) is 4.95. The second-order valence-corrected chi connectivity index (χ2v) is 7.38. The third-order valence-corrected chi connectivity index (χ3v) is 4.95. The number of esters is 2. The van der Waals surface area contributed by atoms with Crippen LogP contribution in [0.2, 0.25) is 0 Å². The number of carbonyl (C=O) groups is 2. The van der Waals surface area contributed by atoms with E-state index in [0.29, 0.717) is 29.2 Å². The van der Waals surface area contributed by atoms with Crippen LogP contribution in [0, 0.1) is 0 Å². The summed E-state index contributed by atoms with van der Waals surface area (Å²) in [5.74, 6) is 0.601. The van der Waals surface area contributed by atoms with Crippen molar-refractivity contribution in [1.29, 1.82) is 0 Å². The van der Waals surface area contributed by atoms with E-state index in [-0.39, 0.29) is 0 Å². The van der Waals surface area contributed by atoms with Crippen LogP contribution in [0.25, 0.3) is 0 Å². The second kappa shape index (κ2) is 11.7. The number of carbonyl (C=O) groups excluding carboxylic acids is 2. The Morgan fingerprint density at radius 2 is 1.09 bits per heavy atom. The molecule has 0 radical (unpaired) electrons. The van der Waals surface area contributed by atoms with Gasteiger partial charge in [-0.25, -0.2) is 9.59 Å². The van der Waals surface area contributed by atoms with E-state index in [1.54, 1.807) is 60.7 Å². The molecular formula is C27H28O5. The Bertz CT molecular complexity index is 1010. The molecule has 5 heteroatoms. The molecule has 32 heavy (non-hydrogen) atoms. The predicted molar refractivity (Wildman–Crippen MR) is 124 cm³/mol. The average Bonchev–Trinajstić information content (AvgIpc) is 2.83. The lowest BCUT2D eigenvalue weighted by Gasteiger charge is -2.08. The van der Waals surface area contributed by atoms with Gasteiger partial charge in [-0.15, -0.1) is 0 Å². The number of hydrogen-bond acceptors (Lipinski definition) is 5. The number of benzene rings is 3. The molecule has 0 saturated carbocycles. The first-order valence-electron chi connectivity index (χ1n) is 10.9. The van der Waals surface area contributed by atoms with Gasteiger partial charge in [0.05, 0.1) is 17.7 Å². The number of unbranched alkanes of at least 4 members (excludes halogenated alkanes) is 2. The standard InChI is InChI=1S/C27H28O5/c1-3-5-6-19-30-23-15-17-25(18-16-23)32-27(29)22-11-13-24(14-12-22)31-26(28)21-9-7-20(4-2)8-10-21/h7-18H,3-6,19H2,1-2H3. The van der Waals surface area contributed by atoms with Crippen molar-refractivity contribution in [2.24, 2.45) is 0 Å². The van der Waals surface area contributed by atoms with Gasteiger partial charge in [-0.2, -0.15) is 0 Å². The SMILES string of the molecule is CCCCCOc1ccc(OC(=O)c2ccc(OC(=O)c3ccc(CC)cc3)cc2)cc1. The van der Waals surface area contributed by atoms with Gasteiger partial charge in [0, 0.05) is 0 Å². The summed E-state index contributed by atoms with van der Waals surface area (Å²) in [4.78, 5) is 24.7. The van der Waals surface area contributed by atoms with Gasteiger partial charge in [-0.05, 0) is 79.1 Å². The summed E-state index contributed by atoms with van der Waals surface area (Å²) >= 11 is 0. The Hall–Kier alpha value is -3.60. The maximum atomic E-state index is 12.4. The van der Waals surface area contributed by atoms with Crippen LogP contribution in [-0.2, 0) is 6.42 Å². The van der Waals surface area contributed by atoms with Gasteiger partial charge in [0.1, 0.15) is 17.2 Å². The molecule has 0 aliphatic rings. The summed E-state index contributed by atoms with van der Waals surface area (Å²) in [7, 11) is 0. The van der Waals surface area contributed by atoms with Gasteiger partial charge in [0.15, 0.2) is 0 Å². The minimum atomic E-state index is -0.491. The topological polar surface area (TPSA) is 61.8 Å². The Morgan fingerprint density at radius 1 is 0.625 bits per heavy atom. The minimum absolute atomic E-state index is 0.357. The summed E-state index contributed by atoms with van der Waals surface area (Å²) in [6.45, 7) is 4.88. The fourth-order valence-electron chi connectivity index (χ4n) is 3.01. The van der Waals surface area contributed by atoms with E-state index in [2.05, 4.69) is 13.8 Å². The first-order valence-corrected chi connectivity index (χ1v) is 10.9. The van der Waals surface area contributed by atoms with Gasteiger partial charge >= 0.3 is 11.9 Å². The van der Waals surface area contributed by atoms with Crippen molar-refractivity contribution in [2.75, 3.05) is 6.61 Å². The van der Waals surface area contributed by atoms with Crippen molar-refractivity contribution in [3.63, 3.8) is 0 Å². The van der Waals surface area contributed by atoms with E-state index in [9.17, 15) is 9.59 Å². The van der Waals surface area contributed by atoms with Crippen LogP contribution in [-0.4, -0.2) is 18.5 Å². The van der Waals surface area contributed by atoms with Crippen LogP contribution >= 0.6 is 0 Å². The number of hydrogen-bond donors (Lipinski definition) is 0. The normalized spacial score (nSPS) is 10.4. The smallest absolute Gasteiger partial charge is 0.343 e. The lowest BCUT2D eigenvalue weighted by molar-refractivity contribution is 0.0730. The lowest BCUT2D eigenvalue weighted by Crippen LogP contribution is -2.10. The van der Waals surface area contributed by atoms with Crippen LogP contribution in [0.15, 0.2) is 72.8 Å². The van der Waals surface area contributed by atoms with Gasteiger partial charge in [-0.1, -0.05) is 38.8 Å². The average molecular weight is 433 g/mol. The Labute approximate surface area is 188 Å². The van der Waals surface area contributed by atoms with E-state index in [0.717, 1.165) is 37.0 Å². The van der Waals surface area contributed by atoms with Gasteiger partial charge in [-0.3, -0.25) is 0 Å². The molecule has 3 aromatic carbocycles. The maximum Gasteiger partial charge on any atom is 0.343 e. The lowest BCUT2D eigenvalue weighted by atomic mass is 10.1. The molecule has 3 aromatic rings. The number of aryl methyl sites for hydroxylation is 1. The van der Waals surface area contributed by atoms with Crippen LogP contribution in [0.1, 0.15) is 59.4 Å². The third kappa shape index (κ3) is 6.71. The van der Waals surface area contributed by atoms with Crippen LogP contribution in [0.5, 0.6) is 17.2 Å². The van der Waals surface area contributed by atoms with Gasteiger partial charge in [0.2, 0.25) is 0 Å². The zero-order valence-corrected chi connectivity index (χ0v) is 18.5. The maximum absolute atomic E-state index is 12.4. The first kappa shape index (κ1) is 23.1. The predicted octanol–water partition coefficient (Wildman–Crippen LogP) is 6.26. The summed E-state index contributed by atoms with van der Waals surface area (Å²) in [6.07, 6.45) is 4.21. The molecule has 0 aliphatic heterocycles. The highest BCUT2D eigenvalue weighted by molar-refractivity contribution is 5.92. The van der Waals surface area contributed by atoms with Crippen LogP contribution in [0.3, 0.4) is 0 Å². The van der Waals surface area contributed by atoms with Crippen molar-refractivity contribution in [3.8, 4) is 17.2 Å². The summed E-state index contributed by atoms with van der Waals surface area (Å²) in [5, 5.41) is 0. The molecule has 0 N–H and O–H groups in total. The molecule has 0 heterocycles. The molecule has 0 amide bonds. The first-order chi connectivity index (χ1) is 15.6. The molecule has 0 saturated heterocycles. The van der Waals surface area contributed by atoms with Crippen molar-refractivity contribution in [3.05, 3.63) is 89.5 Å². The Balaban J connectivity index is 1.52. The highest BCUT2D eigenvalue weighted by Gasteiger charge is 2.12. The summed E-state index contributed by atoms with van der Waals surface area (Å²) in [6, 6.07) is 20.5. The van der Waals surface area contributed by atoms with E-state index < -0.39 is 11.9 Å². The van der Waals surface area contributed by atoms with Gasteiger partial charge < -0.3 is 14.2 Å². The van der Waals surface area contributed by atoms with E-state index >= 15 is 0 Å². The molecule has 0 unspecified atom stereocenters. The molecular weight excluding hydrogens is 404 g/mol. The van der Waals surface area contributed by atoms with Crippen molar-refractivity contribution in [2.45, 2.75) is 39.5 Å². The molecule has 0 aliphatic carbocycles. The van der Waals surface area contributed by atoms with E-state index in [1.807, 2.05) is 12.1 Å². The highest BCUT2D eigenvalue weighted by Crippen LogP contribution is 2.20. The van der Waals surface area contributed by atoms with Crippen molar-refractivity contribution < 1.29 is 23.8 Å². The molecule has 166 valence electrons. The Morgan fingerprint density at radius 3 is 1.59 bits per heavy atom. The Kier molecular flexibility index (Phi) is 8.44. The summed E-state index contributed by atoms with van der Waals surface area (Å²) < 4.78 is 16.4. The summed E-state index contributed by atoms with van der Waals surface area (Å²) in [5.41, 5.74) is 1.99. The quantitative estimate of drug-likeness (QED) is 0.215. The zero-order chi connectivity index (χ0) is 22.8. The van der Waals surface area contributed by atoms with Crippen molar-refractivity contribution in [1.82, 2.24) is 0 Å². The largest absolute Gasteiger partial charge is 0.494 e.